The van der Waals surface area contributed by atoms with Crippen LogP contribution in [-0.2, 0) is 4.52 Å². The molecule has 12 heteroatoms. The second kappa shape index (κ2) is 7.85. The van der Waals surface area contributed by atoms with Crippen molar-refractivity contribution in [2.45, 2.75) is 30.8 Å². The number of nitrogens with zero attached hydrogens (tertiary/aromatic N) is 1. The fraction of sp³-hybridized carbons (Fsp3) is 0.538. The molecule has 2 rings (SSSR count). The third-order valence-corrected chi connectivity index (χ3v) is 4.40. The van der Waals surface area contributed by atoms with E-state index in [1.54, 1.807) is 0 Å². The number of aliphatic hydroxyl groups excluding tert-OH is 3. The lowest BCUT2D eigenvalue weighted by molar-refractivity contribution is -0.386. The zero-order chi connectivity index (χ0) is 18.8. The minimum absolute atomic E-state index is 0.120. The molecule has 1 aliphatic carbocycles. The minimum atomic E-state index is -4.54. The molecule has 140 valence electrons. The Labute approximate surface area is 142 Å². The summed E-state index contributed by atoms with van der Waals surface area (Å²) in [5.41, 5.74) is -0.339. The van der Waals surface area contributed by atoms with Crippen LogP contribution in [0.1, 0.15) is 6.42 Å². The average molecular weight is 380 g/mol. The van der Waals surface area contributed by atoms with Gasteiger partial charge in [-0.25, -0.2) is 0 Å². The highest BCUT2D eigenvalue weighted by molar-refractivity contribution is 7.53. The molecule has 6 N–H and O–H groups in total. The second-order valence-electron chi connectivity index (χ2n) is 5.66. The third-order valence-electron chi connectivity index (χ3n) is 3.90. The van der Waals surface area contributed by atoms with Crippen LogP contribution in [0.5, 0.6) is 5.75 Å². The summed E-state index contributed by atoms with van der Waals surface area (Å²) in [6, 6.07) is 5.45. The third kappa shape index (κ3) is 5.03. The van der Waals surface area contributed by atoms with Gasteiger partial charge in [-0.3, -0.25) is 10.1 Å². The van der Waals surface area contributed by atoms with E-state index in [4.69, 9.17) is 19.4 Å². The van der Waals surface area contributed by atoms with E-state index in [0.717, 1.165) is 0 Å². The van der Waals surface area contributed by atoms with Gasteiger partial charge in [0.1, 0.15) is 24.9 Å². The Bertz CT molecular complexity index is 609. The molecule has 1 aromatic rings. The van der Waals surface area contributed by atoms with Crippen molar-refractivity contribution >= 4 is 13.9 Å². The number of hydrogen-bond acceptors (Lipinski definition) is 10. The fourth-order valence-electron chi connectivity index (χ4n) is 2.63. The van der Waals surface area contributed by atoms with E-state index in [-0.39, 0.29) is 17.9 Å². The zero-order valence-electron chi connectivity index (χ0n) is 12.8. The molecule has 5 unspecified atom stereocenters. The van der Waals surface area contributed by atoms with Gasteiger partial charge in [-0.2, -0.15) is 19.2 Å². The van der Waals surface area contributed by atoms with Crippen LogP contribution in [0.3, 0.4) is 0 Å². The van der Waals surface area contributed by atoms with Gasteiger partial charge < -0.3 is 20.1 Å². The van der Waals surface area contributed by atoms with Gasteiger partial charge in [-0.1, -0.05) is 12.1 Å². The van der Waals surface area contributed by atoms with Gasteiger partial charge in [-0.05, 0) is 12.5 Å². The number of nitro groups is 1. The minimum Gasteiger partial charge on any atom is -0.481 e. The fourth-order valence-corrected chi connectivity index (χ4v) is 3.02. The number of nitro benzene ring substituents is 1. The van der Waals surface area contributed by atoms with Crippen LogP contribution in [0.2, 0.25) is 0 Å². The molecule has 11 nitrogen and oxygen atoms in total. The normalized spacial score (nSPS) is 30.1. The van der Waals surface area contributed by atoms with Gasteiger partial charge in [-0.15, -0.1) is 0 Å². The van der Waals surface area contributed by atoms with E-state index in [9.17, 15) is 25.4 Å². The van der Waals surface area contributed by atoms with Crippen molar-refractivity contribution in [2.75, 3.05) is 6.61 Å². The quantitative estimate of drug-likeness (QED) is 0.206. The van der Waals surface area contributed by atoms with Crippen LogP contribution in [0.25, 0.3) is 0 Å². The Hall–Kier alpha value is -1.43. The van der Waals surface area contributed by atoms with Crippen LogP contribution in [-0.4, -0.2) is 65.9 Å². The van der Waals surface area contributed by atoms with Crippen LogP contribution < -0.4 is 4.74 Å². The maximum absolute atomic E-state index is 11.0. The summed E-state index contributed by atoms with van der Waals surface area (Å²) in [4.78, 5) is 36.9. The lowest BCUT2D eigenvalue weighted by atomic mass is 9.81. The predicted octanol–water partition coefficient (Wildman–Crippen LogP) is -0.884. The number of benzene rings is 1. The first kappa shape index (κ1) is 19.9. The Balaban J connectivity index is 2.15. The number of ether oxygens (including phenoxy) is 1. The van der Waals surface area contributed by atoms with E-state index in [1.807, 2.05) is 0 Å². The van der Waals surface area contributed by atoms with E-state index in [0.29, 0.717) is 0 Å². The Kier molecular flexibility index (Phi) is 6.25. The Morgan fingerprint density at radius 2 is 1.76 bits per heavy atom. The summed E-state index contributed by atoms with van der Waals surface area (Å²) >= 11 is 0. The summed E-state index contributed by atoms with van der Waals surface area (Å²) in [7, 11) is -4.54. The summed E-state index contributed by atoms with van der Waals surface area (Å²) in [5.74, 6) is -1.05. The summed E-state index contributed by atoms with van der Waals surface area (Å²) < 4.78 is 9.89. The first-order valence-corrected chi connectivity index (χ1v) is 8.83. The SMILES string of the molecule is O=[N+]([O-])c1ccccc1OC1CC(CO[P+](O)(O)O)C(O)C(O)C1O. The van der Waals surface area contributed by atoms with Crippen molar-refractivity contribution in [3.8, 4) is 5.75 Å². The second-order valence-corrected chi connectivity index (χ2v) is 6.94. The molecule has 0 heterocycles. The average Bonchev–Trinajstić information content (AvgIpc) is 2.53. The van der Waals surface area contributed by atoms with Gasteiger partial charge in [0.05, 0.1) is 11.0 Å². The molecule has 25 heavy (non-hydrogen) atoms. The highest BCUT2D eigenvalue weighted by atomic mass is 31.2. The maximum Gasteiger partial charge on any atom is 0.567 e. The number of para-hydroxylation sites is 2. The zero-order valence-corrected chi connectivity index (χ0v) is 13.7. The maximum atomic E-state index is 11.0. The highest BCUT2D eigenvalue weighted by Gasteiger charge is 2.46. The smallest absolute Gasteiger partial charge is 0.481 e. The summed E-state index contributed by atoms with van der Waals surface area (Å²) in [5, 5.41) is 40.9. The highest BCUT2D eigenvalue weighted by Crippen LogP contribution is 2.47. The summed E-state index contributed by atoms with van der Waals surface area (Å²) in [6.07, 6.45) is -5.92. The first-order chi connectivity index (χ1) is 11.6. The standard InChI is InChI=1S/C13H19NO10P/c15-11-7(6-23-25(20,21)22)5-10(12(16)13(11)17)24-9-4-2-1-3-8(9)14(18)19/h1-4,7,10-13,15-17,20-22H,5-6H2/q+1. The largest absolute Gasteiger partial charge is 0.567 e. The van der Waals surface area contributed by atoms with Crippen molar-refractivity contribution in [3.05, 3.63) is 34.4 Å². The van der Waals surface area contributed by atoms with Gasteiger partial charge in [0.2, 0.25) is 0 Å². The van der Waals surface area contributed by atoms with Crippen LogP contribution in [0.4, 0.5) is 5.69 Å². The lowest BCUT2D eigenvalue weighted by Gasteiger charge is -2.39. The molecule has 1 aromatic carbocycles. The van der Waals surface area contributed by atoms with E-state index in [1.165, 1.54) is 24.3 Å². The molecule has 0 amide bonds. The first-order valence-electron chi connectivity index (χ1n) is 7.26. The number of aliphatic hydroxyl groups is 3. The molecule has 0 radical (unpaired) electrons. The molecule has 1 aliphatic rings. The van der Waals surface area contributed by atoms with E-state index in [2.05, 4.69) is 4.52 Å². The molecule has 0 saturated heterocycles. The molecule has 0 aliphatic heterocycles. The lowest BCUT2D eigenvalue weighted by Crippen LogP contribution is -2.56. The predicted molar refractivity (Wildman–Crippen MR) is 83.2 cm³/mol. The molecule has 0 spiro atoms. The number of rotatable bonds is 6. The Morgan fingerprint density at radius 1 is 1.12 bits per heavy atom. The molecule has 0 bridgehead atoms. The van der Waals surface area contributed by atoms with Crippen LogP contribution >= 0.6 is 8.17 Å². The van der Waals surface area contributed by atoms with Gasteiger partial charge in [0.15, 0.2) is 5.75 Å². The van der Waals surface area contributed by atoms with Crippen LogP contribution in [0.15, 0.2) is 24.3 Å². The topological polar surface area (TPSA) is 183 Å². The number of hydrogen-bond donors (Lipinski definition) is 6. The molecule has 0 aromatic heterocycles. The van der Waals surface area contributed by atoms with Crippen molar-refractivity contribution in [1.29, 1.82) is 0 Å². The van der Waals surface area contributed by atoms with Crippen molar-refractivity contribution in [1.82, 2.24) is 0 Å². The van der Waals surface area contributed by atoms with Crippen molar-refractivity contribution in [2.24, 2.45) is 5.92 Å². The molecular formula is C13H19NO10P+. The van der Waals surface area contributed by atoms with Gasteiger partial charge in [0, 0.05) is 12.0 Å². The molecular weight excluding hydrogens is 361 g/mol. The van der Waals surface area contributed by atoms with Gasteiger partial charge >= 0.3 is 13.9 Å². The molecule has 5 atom stereocenters. The van der Waals surface area contributed by atoms with Crippen molar-refractivity contribution in [3.63, 3.8) is 0 Å². The van der Waals surface area contributed by atoms with Crippen molar-refractivity contribution < 1.29 is 44.2 Å². The van der Waals surface area contributed by atoms with Gasteiger partial charge in [0.25, 0.3) is 0 Å². The van der Waals surface area contributed by atoms with Crippen LogP contribution in [0, 0.1) is 16.0 Å². The molecule has 1 saturated carbocycles. The monoisotopic (exact) mass is 380 g/mol. The summed E-state index contributed by atoms with van der Waals surface area (Å²) in [6.45, 7) is -0.529. The molecule has 1 fully saturated rings. The van der Waals surface area contributed by atoms with E-state index < -0.39 is 50.0 Å². The van der Waals surface area contributed by atoms with E-state index >= 15 is 0 Å². The Morgan fingerprint density at radius 3 is 2.36 bits per heavy atom.